The van der Waals surface area contributed by atoms with Crippen LogP contribution in [0.15, 0.2) is 48.5 Å². The van der Waals surface area contributed by atoms with Crippen molar-refractivity contribution in [3.63, 3.8) is 0 Å². The van der Waals surface area contributed by atoms with Crippen LogP contribution in [0.5, 0.6) is 5.75 Å². The van der Waals surface area contributed by atoms with Crippen LogP contribution >= 0.6 is 0 Å². The number of hydrogen-bond acceptors (Lipinski definition) is 5. The number of amides is 3. The summed E-state index contributed by atoms with van der Waals surface area (Å²) < 4.78 is 5.39. The van der Waals surface area contributed by atoms with Crippen LogP contribution in [-0.2, 0) is 20.9 Å². The molecule has 2 N–H and O–H groups in total. The topological polar surface area (TPSA) is 91.0 Å². The van der Waals surface area contributed by atoms with E-state index < -0.39 is 0 Å². The summed E-state index contributed by atoms with van der Waals surface area (Å²) in [5, 5.41) is 5.66. The predicted octanol–water partition coefficient (Wildman–Crippen LogP) is 0.665. The van der Waals surface area contributed by atoms with Crippen molar-refractivity contribution >= 4 is 29.1 Å². The maximum absolute atomic E-state index is 12.4. The molecule has 0 aromatic heterocycles. The van der Waals surface area contributed by atoms with Gasteiger partial charge >= 0.3 is 0 Å². The van der Waals surface area contributed by atoms with Gasteiger partial charge in [-0.05, 0) is 29.8 Å². The van der Waals surface area contributed by atoms with E-state index in [1.165, 1.54) is 4.90 Å². The average molecular weight is 394 g/mol. The Bertz CT molecular complexity index is 929. The highest BCUT2D eigenvalue weighted by Gasteiger charge is 2.26. The van der Waals surface area contributed by atoms with Crippen LogP contribution in [-0.4, -0.2) is 50.5 Å². The van der Waals surface area contributed by atoms with E-state index in [4.69, 9.17) is 4.74 Å². The number of carbonyl (C=O) groups excluding carboxylic acids is 3. The fourth-order valence-corrected chi connectivity index (χ4v) is 3.41. The van der Waals surface area contributed by atoms with Gasteiger partial charge in [0.15, 0.2) is 6.61 Å². The molecule has 8 nitrogen and oxygen atoms in total. The van der Waals surface area contributed by atoms with Gasteiger partial charge in [-0.25, -0.2) is 0 Å². The number of nitrogens with one attached hydrogen (secondary N) is 2. The van der Waals surface area contributed by atoms with Crippen LogP contribution in [0.2, 0.25) is 0 Å². The summed E-state index contributed by atoms with van der Waals surface area (Å²) in [4.78, 5) is 39.5. The summed E-state index contributed by atoms with van der Waals surface area (Å²) >= 11 is 0. The van der Waals surface area contributed by atoms with Gasteiger partial charge in [-0.15, -0.1) is 0 Å². The quantitative estimate of drug-likeness (QED) is 0.778. The molecule has 0 unspecified atom stereocenters. The van der Waals surface area contributed by atoms with Crippen LogP contribution in [0.25, 0.3) is 0 Å². The Morgan fingerprint density at radius 3 is 2.69 bits per heavy atom. The van der Waals surface area contributed by atoms with Gasteiger partial charge in [0, 0.05) is 25.3 Å². The first-order valence-corrected chi connectivity index (χ1v) is 9.49. The summed E-state index contributed by atoms with van der Waals surface area (Å²) in [5.74, 6) is 0.134. The van der Waals surface area contributed by atoms with Crippen molar-refractivity contribution < 1.29 is 19.1 Å². The Kier molecular flexibility index (Phi) is 5.33. The number of nitrogens with zero attached hydrogens (tertiary/aromatic N) is 2. The first-order valence-electron chi connectivity index (χ1n) is 9.49. The van der Waals surface area contributed by atoms with Crippen molar-refractivity contribution in [1.82, 2.24) is 10.6 Å². The minimum Gasteiger partial charge on any atom is -0.482 e. The molecule has 0 radical (unpaired) electrons. The first-order chi connectivity index (χ1) is 14.1. The highest BCUT2D eigenvalue weighted by atomic mass is 16.5. The zero-order valence-electron chi connectivity index (χ0n) is 15.9. The fraction of sp³-hybridized carbons (Fsp3) is 0.286. The molecule has 150 valence electrons. The largest absolute Gasteiger partial charge is 0.482 e. The van der Waals surface area contributed by atoms with Gasteiger partial charge in [0.05, 0.1) is 12.2 Å². The first kappa shape index (κ1) is 18.8. The van der Waals surface area contributed by atoms with Gasteiger partial charge in [-0.1, -0.05) is 24.3 Å². The molecule has 2 aliphatic heterocycles. The molecule has 1 fully saturated rings. The van der Waals surface area contributed by atoms with Gasteiger partial charge in [0.2, 0.25) is 11.8 Å². The normalized spacial score (nSPS) is 16.0. The number of fused-ring (bicyclic) bond motifs is 1. The van der Waals surface area contributed by atoms with E-state index in [2.05, 4.69) is 10.6 Å². The molecule has 0 aliphatic carbocycles. The molecule has 8 heteroatoms. The Labute approximate surface area is 168 Å². The van der Waals surface area contributed by atoms with Gasteiger partial charge in [0.25, 0.3) is 5.91 Å². The molecule has 2 aromatic carbocycles. The lowest BCUT2D eigenvalue weighted by molar-refractivity contribution is -0.125. The summed E-state index contributed by atoms with van der Waals surface area (Å²) in [6.45, 7) is 2.00. The number of carbonyl (C=O) groups is 3. The third kappa shape index (κ3) is 4.31. The second kappa shape index (κ2) is 8.22. The Morgan fingerprint density at radius 1 is 1.10 bits per heavy atom. The van der Waals surface area contributed by atoms with E-state index >= 15 is 0 Å². The van der Waals surface area contributed by atoms with Crippen molar-refractivity contribution in [2.24, 2.45) is 0 Å². The fourth-order valence-electron chi connectivity index (χ4n) is 3.41. The van der Waals surface area contributed by atoms with Crippen molar-refractivity contribution in [2.45, 2.75) is 6.54 Å². The van der Waals surface area contributed by atoms with Gasteiger partial charge in [-0.3, -0.25) is 19.3 Å². The molecular weight excluding hydrogens is 372 g/mol. The number of rotatable bonds is 5. The monoisotopic (exact) mass is 394 g/mol. The number of benzene rings is 2. The van der Waals surface area contributed by atoms with Crippen LogP contribution in [0.1, 0.15) is 5.56 Å². The smallest absolute Gasteiger partial charge is 0.265 e. The SMILES string of the molecule is O=C1CN(c2ccc(CNC(=O)CN3C(=O)COc4ccccc43)cc2)CCN1. The second-order valence-corrected chi connectivity index (χ2v) is 6.95. The highest BCUT2D eigenvalue weighted by Crippen LogP contribution is 2.31. The summed E-state index contributed by atoms with van der Waals surface area (Å²) in [7, 11) is 0. The zero-order chi connectivity index (χ0) is 20.2. The molecule has 0 saturated carbocycles. The van der Waals surface area contributed by atoms with E-state index in [9.17, 15) is 14.4 Å². The molecule has 2 heterocycles. The number of piperazine rings is 1. The Hall–Kier alpha value is -3.55. The van der Waals surface area contributed by atoms with Crippen LogP contribution in [0.4, 0.5) is 11.4 Å². The zero-order valence-corrected chi connectivity index (χ0v) is 15.9. The highest BCUT2D eigenvalue weighted by molar-refractivity contribution is 6.02. The van der Waals surface area contributed by atoms with E-state index in [0.717, 1.165) is 17.8 Å². The van der Waals surface area contributed by atoms with Gasteiger partial charge in [-0.2, -0.15) is 0 Å². The van der Waals surface area contributed by atoms with Crippen molar-refractivity contribution in [1.29, 1.82) is 0 Å². The number of anilines is 2. The maximum atomic E-state index is 12.4. The van der Waals surface area contributed by atoms with E-state index in [0.29, 0.717) is 31.1 Å². The Morgan fingerprint density at radius 2 is 1.90 bits per heavy atom. The van der Waals surface area contributed by atoms with Crippen LogP contribution in [0, 0.1) is 0 Å². The molecule has 29 heavy (non-hydrogen) atoms. The second-order valence-electron chi connectivity index (χ2n) is 6.95. The third-order valence-corrected chi connectivity index (χ3v) is 4.94. The standard InChI is InChI=1S/C21H22N4O4/c26-19-12-24(10-9-22-19)16-7-5-15(6-8-16)11-23-20(27)13-25-17-3-1-2-4-18(17)29-14-21(25)28/h1-8H,9-14H2,(H,22,26)(H,23,27). The third-order valence-electron chi connectivity index (χ3n) is 4.94. The lowest BCUT2D eigenvalue weighted by Gasteiger charge is -2.29. The molecule has 0 bridgehead atoms. The van der Waals surface area contributed by atoms with Crippen molar-refractivity contribution in [3.8, 4) is 5.75 Å². The van der Waals surface area contributed by atoms with Gasteiger partial charge < -0.3 is 20.3 Å². The molecule has 0 spiro atoms. The van der Waals surface area contributed by atoms with Crippen LogP contribution < -0.4 is 25.2 Å². The minimum absolute atomic E-state index is 0.0202. The number of para-hydroxylation sites is 2. The van der Waals surface area contributed by atoms with E-state index in [1.807, 2.05) is 35.2 Å². The molecule has 2 aromatic rings. The van der Waals surface area contributed by atoms with Crippen molar-refractivity contribution in [2.75, 3.05) is 42.6 Å². The molecular formula is C21H22N4O4. The van der Waals surface area contributed by atoms with E-state index in [-0.39, 0.29) is 30.9 Å². The molecule has 4 rings (SSSR count). The van der Waals surface area contributed by atoms with Crippen molar-refractivity contribution in [3.05, 3.63) is 54.1 Å². The van der Waals surface area contributed by atoms with Gasteiger partial charge in [0.1, 0.15) is 12.3 Å². The van der Waals surface area contributed by atoms with E-state index in [1.54, 1.807) is 18.2 Å². The summed E-state index contributed by atoms with van der Waals surface area (Å²) in [5.41, 5.74) is 2.52. The molecule has 0 atom stereocenters. The molecule has 1 saturated heterocycles. The van der Waals surface area contributed by atoms with Crippen LogP contribution in [0.3, 0.4) is 0 Å². The summed E-state index contributed by atoms with van der Waals surface area (Å²) in [6, 6.07) is 14.9. The Balaban J connectivity index is 1.33. The summed E-state index contributed by atoms with van der Waals surface area (Å²) in [6.07, 6.45) is 0. The number of ether oxygens (including phenoxy) is 1. The lowest BCUT2D eigenvalue weighted by atomic mass is 10.1. The predicted molar refractivity (Wildman–Crippen MR) is 108 cm³/mol. The molecule has 3 amide bonds. The maximum Gasteiger partial charge on any atom is 0.265 e. The number of hydrogen-bond donors (Lipinski definition) is 2. The average Bonchev–Trinajstić information content (AvgIpc) is 2.75. The minimum atomic E-state index is -0.244. The lowest BCUT2D eigenvalue weighted by Crippen LogP contribution is -2.47. The molecule has 2 aliphatic rings.